The first kappa shape index (κ1) is 68.1. The van der Waals surface area contributed by atoms with Gasteiger partial charge in [-0.1, -0.05) is 372 Å². The van der Waals surface area contributed by atoms with E-state index in [2.05, 4.69) is 83.1 Å². The molecule has 0 spiro atoms. The molecule has 0 aliphatic carbocycles. The fourth-order valence-electron chi connectivity index (χ4n) is 11.0. The van der Waals surface area contributed by atoms with E-state index in [1.807, 2.05) is 0 Å². The predicted octanol–water partition coefficient (Wildman–Crippen LogP) is 25.1. The molecule has 0 N–H and O–H groups in total. The molecule has 0 heterocycles. The maximum Gasteiger partial charge on any atom is -0.0414 e. The van der Waals surface area contributed by atoms with Gasteiger partial charge < -0.3 is 0 Å². The predicted molar refractivity (Wildman–Crippen MR) is 308 cm³/mol. The lowest BCUT2D eigenvalue weighted by atomic mass is 9.85. The Kier molecular flexibility index (Phi) is 56.0. The first-order valence-electron chi connectivity index (χ1n) is 31.9. The molecule has 0 saturated carbocycles. The van der Waals surface area contributed by atoms with Crippen LogP contribution in [-0.2, 0) is 0 Å². The van der Waals surface area contributed by atoms with Crippen molar-refractivity contribution in [2.75, 3.05) is 0 Å². The average molecular weight is 930 g/mol. The Hall–Kier alpha value is 0. The van der Waals surface area contributed by atoms with Gasteiger partial charge in [-0.25, -0.2) is 0 Å². The standard InChI is InChI=1S/2C33H68/c1-7-8-9-10-11-12-13-14-15-16-17-18-19-20-24-32(5)28-29-33(6)27-22-26-31(4)25-21-23-30(2)3;1-7-9-10-11-12-13-14-15-16-17-18-19-20-21-25-32(6)29-33(8-2)28-23-27-31(5)26-22-24-30(3)4/h2*30-33H,7-29H2,1-6H3. The molecule has 0 aliphatic rings. The van der Waals surface area contributed by atoms with E-state index in [0.29, 0.717) is 0 Å². The summed E-state index contributed by atoms with van der Waals surface area (Å²) in [4.78, 5) is 0. The van der Waals surface area contributed by atoms with Crippen molar-refractivity contribution in [1.29, 1.82) is 0 Å². The van der Waals surface area contributed by atoms with Gasteiger partial charge in [0, 0.05) is 0 Å². The van der Waals surface area contributed by atoms with E-state index < -0.39 is 0 Å². The molecule has 0 aromatic heterocycles. The van der Waals surface area contributed by atoms with Crippen LogP contribution in [0.5, 0.6) is 0 Å². The van der Waals surface area contributed by atoms with Crippen LogP contribution >= 0.6 is 0 Å². The zero-order chi connectivity index (χ0) is 49.1. The van der Waals surface area contributed by atoms with Gasteiger partial charge in [-0.05, 0) is 53.8 Å². The maximum absolute atomic E-state index is 2.53. The second-order valence-electron chi connectivity index (χ2n) is 24.9. The van der Waals surface area contributed by atoms with Gasteiger partial charge in [0.15, 0.2) is 0 Å². The SMILES string of the molecule is CCCCCCCCCCCCCCCCC(C)CC(CC)CCCC(C)CCCC(C)C.CCCCCCCCCCCCCCCCC(C)CCC(C)CCCC(C)CCCC(C)C. The molecule has 0 aromatic carbocycles. The topological polar surface area (TPSA) is 0 Å². The average Bonchev–Trinajstić information content (AvgIpc) is 3.28. The second kappa shape index (κ2) is 54.3. The fourth-order valence-corrected chi connectivity index (χ4v) is 11.0. The Bertz CT molecular complexity index is 854. The summed E-state index contributed by atoms with van der Waals surface area (Å²) in [6, 6.07) is 0. The highest BCUT2D eigenvalue weighted by Gasteiger charge is 2.13. The molecule has 0 nitrogen and oxygen atoms in total. The molecular formula is C66H136. The highest BCUT2D eigenvalue weighted by atomic mass is 14.2. The van der Waals surface area contributed by atoms with Crippen LogP contribution in [0.1, 0.15) is 378 Å². The third-order valence-corrected chi connectivity index (χ3v) is 16.2. The van der Waals surface area contributed by atoms with Gasteiger partial charge in [0.25, 0.3) is 0 Å². The van der Waals surface area contributed by atoms with Crippen LogP contribution in [0.25, 0.3) is 0 Å². The zero-order valence-corrected chi connectivity index (χ0v) is 49.1. The molecule has 400 valence electrons. The molecule has 0 radical (unpaired) electrons. The number of rotatable bonds is 52. The van der Waals surface area contributed by atoms with E-state index in [0.717, 1.165) is 47.3 Å². The van der Waals surface area contributed by atoms with Gasteiger partial charge in [-0.2, -0.15) is 0 Å². The molecule has 0 saturated heterocycles. The van der Waals surface area contributed by atoms with Crippen molar-refractivity contribution in [2.45, 2.75) is 378 Å². The highest BCUT2D eigenvalue weighted by Crippen LogP contribution is 2.28. The van der Waals surface area contributed by atoms with Crippen molar-refractivity contribution >= 4 is 0 Å². The van der Waals surface area contributed by atoms with Crippen LogP contribution in [0.3, 0.4) is 0 Å². The smallest absolute Gasteiger partial charge is 0.0414 e. The first-order chi connectivity index (χ1) is 31.9. The van der Waals surface area contributed by atoms with Crippen molar-refractivity contribution in [3.63, 3.8) is 0 Å². The second-order valence-corrected chi connectivity index (χ2v) is 24.9. The van der Waals surface area contributed by atoms with Gasteiger partial charge in [-0.15, -0.1) is 0 Å². The van der Waals surface area contributed by atoms with Crippen molar-refractivity contribution < 1.29 is 0 Å². The molecule has 0 bridgehead atoms. The van der Waals surface area contributed by atoms with E-state index in [4.69, 9.17) is 0 Å². The summed E-state index contributed by atoms with van der Waals surface area (Å²) in [7, 11) is 0. The Labute approximate surface area is 423 Å². The third-order valence-electron chi connectivity index (χ3n) is 16.2. The van der Waals surface area contributed by atoms with E-state index in [1.165, 1.54) is 295 Å². The Balaban J connectivity index is 0. The largest absolute Gasteiger partial charge is 0.0654 e. The van der Waals surface area contributed by atoms with Gasteiger partial charge >= 0.3 is 0 Å². The summed E-state index contributed by atoms with van der Waals surface area (Å²) in [5, 5.41) is 0. The van der Waals surface area contributed by atoms with Crippen molar-refractivity contribution in [1.82, 2.24) is 0 Å². The van der Waals surface area contributed by atoms with Gasteiger partial charge in [0.05, 0.1) is 0 Å². The van der Waals surface area contributed by atoms with Crippen molar-refractivity contribution in [3.05, 3.63) is 0 Å². The number of hydrogen-bond donors (Lipinski definition) is 0. The fraction of sp³-hybridized carbons (Fsp3) is 1.00. The molecule has 0 amide bonds. The molecule has 0 fully saturated rings. The summed E-state index contributed by atoms with van der Waals surface area (Å²) < 4.78 is 0. The van der Waals surface area contributed by atoms with E-state index in [1.54, 1.807) is 0 Å². The van der Waals surface area contributed by atoms with Crippen LogP contribution in [0.15, 0.2) is 0 Å². The summed E-state index contributed by atoms with van der Waals surface area (Å²) in [6.45, 7) is 29.0. The number of hydrogen-bond acceptors (Lipinski definition) is 0. The molecule has 0 aliphatic heterocycles. The number of unbranched alkanes of at least 4 members (excludes halogenated alkanes) is 26. The van der Waals surface area contributed by atoms with E-state index >= 15 is 0 Å². The first-order valence-corrected chi connectivity index (χ1v) is 31.9. The minimum Gasteiger partial charge on any atom is -0.0654 e. The van der Waals surface area contributed by atoms with Gasteiger partial charge in [0.1, 0.15) is 0 Å². The van der Waals surface area contributed by atoms with Crippen LogP contribution in [0, 0.1) is 47.3 Å². The normalized spacial score (nSPS) is 14.6. The molecular weight excluding hydrogens is 793 g/mol. The Morgan fingerprint density at radius 3 is 0.712 bits per heavy atom. The van der Waals surface area contributed by atoms with Gasteiger partial charge in [0.2, 0.25) is 0 Å². The van der Waals surface area contributed by atoms with Crippen LogP contribution in [0.4, 0.5) is 0 Å². The van der Waals surface area contributed by atoms with Crippen LogP contribution in [-0.4, -0.2) is 0 Å². The quantitative estimate of drug-likeness (QED) is 0.0533. The molecule has 6 atom stereocenters. The zero-order valence-electron chi connectivity index (χ0n) is 49.1. The summed E-state index contributed by atoms with van der Waals surface area (Å²) in [6.07, 6.45) is 67.3. The lowest BCUT2D eigenvalue weighted by Gasteiger charge is -2.21. The summed E-state index contributed by atoms with van der Waals surface area (Å²) in [5.41, 5.74) is 0. The Morgan fingerprint density at radius 2 is 0.424 bits per heavy atom. The van der Waals surface area contributed by atoms with Gasteiger partial charge in [-0.3, -0.25) is 0 Å². The van der Waals surface area contributed by atoms with E-state index in [-0.39, 0.29) is 0 Å². The monoisotopic (exact) mass is 929 g/mol. The van der Waals surface area contributed by atoms with E-state index in [9.17, 15) is 0 Å². The Morgan fingerprint density at radius 1 is 0.197 bits per heavy atom. The molecule has 0 aromatic rings. The maximum atomic E-state index is 2.53. The van der Waals surface area contributed by atoms with Crippen molar-refractivity contribution in [2.24, 2.45) is 47.3 Å². The minimum atomic E-state index is 0.878. The summed E-state index contributed by atoms with van der Waals surface area (Å²) >= 11 is 0. The lowest BCUT2D eigenvalue weighted by molar-refractivity contribution is 0.319. The molecule has 0 rings (SSSR count). The van der Waals surface area contributed by atoms with Crippen LogP contribution in [0.2, 0.25) is 0 Å². The van der Waals surface area contributed by atoms with Crippen LogP contribution < -0.4 is 0 Å². The highest BCUT2D eigenvalue weighted by molar-refractivity contribution is 4.66. The molecule has 66 heavy (non-hydrogen) atoms. The van der Waals surface area contributed by atoms with Crippen molar-refractivity contribution in [3.8, 4) is 0 Å². The molecule has 0 heteroatoms. The third kappa shape index (κ3) is 56.6. The molecule has 6 unspecified atom stereocenters. The summed E-state index contributed by atoms with van der Waals surface area (Å²) in [5.74, 6) is 7.44. The minimum absolute atomic E-state index is 0.878. The lowest BCUT2D eigenvalue weighted by Crippen LogP contribution is -2.07.